The Morgan fingerprint density at radius 3 is 2.14 bits per heavy atom. The second-order valence-corrected chi connectivity index (χ2v) is 5.39. The number of Topliss-reactive ketones (excluding diaryl/α,β-unsaturated/α-hetero) is 1. The first kappa shape index (κ1) is 15.8. The van der Waals surface area contributed by atoms with Gasteiger partial charge in [-0.15, -0.1) is 0 Å². The Bertz CT molecular complexity index is 735. The highest BCUT2D eigenvalue weighted by Gasteiger charge is 2.28. The van der Waals surface area contributed by atoms with Crippen LogP contribution in [0.5, 0.6) is 0 Å². The van der Waals surface area contributed by atoms with Gasteiger partial charge in [0.1, 0.15) is 11.7 Å². The lowest BCUT2D eigenvalue weighted by atomic mass is 9.91. The third-order valence-corrected chi connectivity index (χ3v) is 3.81. The minimum absolute atomic E-state index is 0.00763. The van der Waals surface area contributed by atoms with Gasteiger partial charge in [-0.2, -0.15) is 5.26 Å². The van der Waals surface area contributed by atoms with Crippen molar-refractivity contribution < 1.29 is 9.18 Å². The van der Waals surface area contributed by atoms with Gasteiger partial charge in [-0.3, -0.25) is 4.79 Å². The van der Waals surface area contributed by atoms with Gasteiger partial charge in [0.15, 0.2) is 5.78 Å². The fourth-order valence-electron chi connectivity index (χ4n) is 1.89. The lowest BCUT2D eigenvalue weighted by Gasteiger charge is -2.12. The molecule has 0 aromatic heterocycles. The number of halogens is 4. The second kappa shape index (κ2) is 6.44. The van der Waals surface area contributed by atoms with Gasteiger partial charge in [0.05, 0.1) is 26.7 Å². The highest BCUT2D eigenvalue weighted by Crippen LogP contribution is 2.32. The Hall–Kier alpha value is -1.60. The molecule has 0 radical (unpaired) electrons. The van der Waals surface area contributed by atoms with E-state index in [2.05, 4.69) is 0 Å². The number of rotatable bonds is 3. The number of carbonyl (C=O) groups excluding carboxylic acids is 1. The molecule has 2 nitrogen and oxygen atoms in total. The van der Waals surface area contributed by atoms with Crippen molar-refractivity contribution in [2.24, 2.45) is 0 Å². The molecule has 0 bridgehead atoms. The molecule has 2 aromatic rings. The monoisotopic (exact) mass is 341 g/mol. The van der Waals surface area contributed by atoms with Gasteiger partial charge < -0.3 is 0 Å². The Morgan fingerprint density at radius 1 is 1.05 bits per heavy atom. The average molecular weight is 343 g/mol. The molecule has 2 aromatic carbocycles. The molecule has 0 fully saturated rings. The van der Waals surface area contributed by atoms with E-state index in [0.717, 1.165) is 0 Å². The van der Waals surface area contributed by atoms with Crippen LogP contribution >= 0.6 is 34.8 Å². The summed E-state index contributed by atoms with van der Waals surface area (Å²) in [6.07, 6.45) is 0. The molecular weight excluding hydrogens is 336 g/mol. The van der Waals surface area contributed by atoms with Crippen LogP contribution in [0.15, 0.2) is 36.4 Å². The first-order chi connectivity index (χ1) is 9.97. The average Bonchev–Trinajstić information content (AvgIpc) is 2.44. The maximum Gasteiger partial charge on any atom is 0.187 e. The van der Waals surface area contributed by atoms with Crippen molar-refractivity contribution in [2.45, 2.75) is 5.92 Å². The zero-order chi connectivity index (χ0) is 15.6. The van der Waals surface area contributed by atoms with Crippen LogP contribution in [0.2, 0.25) is 15.1 Å². The van der Waals surface area contributed by atoms with Crippen LogP contribution in [-0.2, 0) is 0 Å². The zero-order valence-corrected chi connectivity index (χ0v) is 12.7. The van der Waals surface area contributed by atoms with E-state index in [0.29, 0.717) is 0 Å². The first-order valence-electron chi connectivity index (χ1n) is 5.79. The van der Waals surface area contributed by atoms with Gasteiger partial charge in [0.25, 0.3) is 0 Å². The summed E-state index contributed by atoms with van der Waals surface area (Å²) in [6, 6.07) is 10.4. The van der Waals surface area contributed by atoms with Crippen molar-refractivity contribution in [1.82, 2.24) is 0 Å². The smallest absolute Gasteiger partial charge is 0.187 e. The number of ketones is 1. The third kappa shape index (κ3) is 3.03. The van der Waals surface area contributed by atoms with Crippen molar-refractivity contribution in [2.75, 3.05) is 0 Å². The molecule has 0 amide bonds. The number of carbonyl (C=O) groups is 1. The maximum absolute atomic E-state index is 14.0. The molecule has 0 aliphatic rings. The van der Waals surface area contributed by atoms with Crippen molar-refractivity contribution in [1.29, 1.82) is 5.26 Å². The molecular formula is C15H7Cl3FNO. The fourth-order valence-corrected chi connectivity index (χ4v) is 2.66. The molecule has 0 saturated carbocycles. The van der Waals surface area contributed by atoms with Crippen LogP contribution in [0, 0.1) is 17.1 Å². The Labute approximate surface area is 135 Å². The highest BCUT2D eigenvalue weighted by molar-refractivity contribution is 6.40. The molecule has 0 aliphatic heterocycles. The SMILES string of the molecule is N#CC(C(=O)c1c(Cl)cccc1Cl)c1cccc(Cl)c1F. The van der Waals surface area contributed by atoms with Crippen LogP contribution in [-0.4, -0.2) is 5.78 Å². The molecule has 6 heteroatoms. The molecule has 0 aliphatic carbocycles. The Kier molecular flexibility index (Phi) is 4.84. The normalized spacial score (nSPS) is 11.8. The second-order valence-electron chi connectivity index (χ2n) is 4.17. The lowest BCUT2D eigenvalue weighted by Crippen LogP contribution is -2.14. The summed E-state index contributed by atoms with van der Waals surface area (Å²) in [5.41, 5.74) is -0.113. The topological polar surface area (TPSA) is 40.9 Å². The van der Waals surface area contributed by atoms with E-state index in [1.165, 1.54) is 30.3 Å². The largest absolute Gasteiger partial charge is 0.292 e. The van der Waals surface area contributed by atoms with E-state index < -0.39 is 17.5 Å². The number of hydrogen-bond acceptors (Lipinski definition) is 2. The van der Waals surface area contributed by atoms with Crippen LogP contribution in [0.3, 0.4) is 0 Å². The van der Waals surface area contributed by atoms with Crippen molar-refractivity contribution in [3.8, 4) is 6.07 Å². The number of benzene rings is 2. The van der Waals surface area contributed by atoms with Crippen molar-refractivity contribution in [3.63, 3.8) is 0 Å². The molecule has 2 rings (SSSR count). The van der Waals surface area contributed by atoms with Gasteiger partial charge in [0, 0.05) is 5.56 Å². The molecule has 0 heterocycles. The summed E-state index contributed by atoms with van der Waals surface area (Å²) in [6.45, 7) is 0. The third-order valence-electron chi connectivity index (χ3n) is 2.89. The van der Waals surface area contributed by atoms with E-state index in [-0.39, 0.29) is 26.2 Å². The van der Waals surface area contributed by atoms with Gasteiger partial charge >= 0.3 is 0 Å². The van der Waals surface area contributed by atoms with Crippen LogP contribution in [0.25, 0.3) is 0 Å². The quantitative estimate of drug-likeness (QED) is 0.712. The van der Waals surface area contributed by atoms with Gasteiger partial charge in [0.2, 0.25) is 0 Å². The van der Waals surface area contributed by atoms with E-state index in [4.69, 9.17) is 34.8 Å². The van der Waals surface area contributed by atoms with E-state index in [1.54, 1.807) is 12.1 Å². The summed E-state index contributed by atoms with van der Waals surface area (Å²) < 4.78 is 14.0. The summed E-state index contributed by atoms with van der Waals surface area (Å²) in [7, 11) is 0. The predicted molar refractivity (Wildman–Crippen MR) is 80.6 cm³/mol. The molecule has 106 valence electrons. The summed E-state index contributed by atoms with van der Waals surface area (Å²) in [4.78, 5) is 12.5. The summed E-state index contributed by atoms with van der Waals surface area (Å²) >= 11 is 17.6. The number of nitrogens with zero attached hydrogens (tertiary/aromatic N) is 1. The van der Waals surface area contributed by atoms with Crippen LogP contribution in [0.4, 0.5) is 4.39 Å². The molecule has 0 saturated heterocycles. The zero-order valence-electron chi connectivity index (χ0n) is 10.4. The van der Waals surface area contributed by atoms with Gasteiger partial charge in [-0.25, -0.2) is 4.39 Å². The molecule has 1 unspecified atom stereocenters. The van der Waals surface area contributed by atoms with Crippen molar-refractivity contribution >= 4 is 40.6 Å². The highest BCUT2D eigenvalue weighted by atomic mass is 35.5. The molecule has 1 atom stereocenters. The minimum atomic E-state index is -1.37. The van der Waals surface area contributed by atoms with E-state index in [9.17, 15) is 14.4 Å². The standard InChI is InChI=1S/C15H7Cl3FNO/c16-10-4-2-5-11(17)13(10)15(21)9(7-20)8-3-1-6-12(18)14(8)19/h1-6,9H. The fraction of sp³-hybridized carbons (Fsp3) is 0.0667. The summed E-state index contributed by atoms with van der Waals surface area (Å²) in [5, 5.41) is 9.29. The first-order valence-corrected chi connectivity index (χ1v) is 6.92. The lowest BCUT2D eigenvalue weighted by molar-refractivity contribution is 0.0978. The van der Waals surface area contributed by atoms with E-state index >= 15 is 0 Å². The number of nitriles is 1. The molecule has 0 spiro atoms. The maximum atomic E-state index is 14.0. The molecule has 0 N–H and O–H groups in total. The predicted octanol–water partition coefficient (Wildman–Crippen LogP) is 5.28. The van der Waals surface area contributed by atoms with Crippen LogP contribution in [0.1, 0.15) is 21.8 Å². The minimum Gasteiger partial charge on any atom is -0.292 e. The van der Waals surface area contributed by atoms with Gasteiger partial charge in [-0.05, 0) is 18.2 Å². The molecule has 21 heavy (non-hydrogen) atoms. The Morgan fingerprint density at radius 2 is 1.57 bits per heavy atom. The Balaban J connectivity index is 2.55. The summed E-state index contributed by atoms with van der Waals surface area (Å²) in [5.74, 6) is -2.85. The number of hydrogen-bond donors (Lipinski definition) is 0. The van der Waals surface area contributed by atoms with Crippen LogP contribution < -0.4 is 0 Å². The van der Waals surface area contributed by atoms with Gasteiger partial charge in [-0.1, -0.05) is 53.0 Å². The van der Waals surface area contributed by atoms with E-state index in [1.807, 2.05) is 0 Å². The van der Waals surface area contributed by atoms with Crippen molar-refractivity contribution in [3.05, 3.63) is 68.4 Å².